The number of hydrogen-bond donors (Lipinski definition) is 2. The Balaban J connectivity index is 2.24. The number of hydrogen-bond acceptors (Lipinski definition) is 1. The van der Waals surface area contributed by atoms with Crippen LogP contribution in [0.1, 0.15) is 5.56 Å². The maximum absolute atomic E-state index is 11.0. The minimum Gasteiger partial charge on any atom is -0.361 e. The fourth-order valence-electron chi connectivity index (χ4n) is 1.55. The van der Waals surface area contributed by atoms with Gasteiger partial charge in [-0.05, 0) is 23.1 Å². The molecule has 76 valence electrons. The summed E-state index contributed by atoms with van der Waals surface area (Å²) in [4.78, 5) is 14.2. The Kier molecular flexibility index (Phi) is 2.54. The summed E-state index contributed by atoms with van der Waals surface area (Å²) >= 11 is 0. The summed E-state index contributed by atoms with van der Waals surface area (Å²) in [5.41, 5.74) is 2.15. The van der Waals surface area contributed by atoms with Crippen molar-refractivity contribution in [1.82, 2.24) is 10.3 Å². The van der Waals surface area contributed by atoms with Crippen LogP contribution in [-0.2, 0) is 11.3 Å². The lowest BCUT2D eigenvalue weighted by molar-refractivity contribution is -0.116. The molecule has 1 amide bonds. The van der Waals surface area contributed by atoms with Gasteiger partial charge in [0.1, 0.15) is 0 Å². The van der Waals surface area contributed by atoms with Crippen LogP contribution < -0.4 is 5.32 Å². The average molecular weight is 200 g/mol. The SMILES string of the molecule is C=CC(=O)NCc1cccc2cc[nH]c12. The normalized spacial score (nSPS) is 10.1. The second kappa shape index (κ2) is 4.00. The van der Waals surface area contributed by atoms with Gasteiger partial charge in [0.15, 0.2) is 0 Å². The first-order valence-corrected chi connectivity index (χ1v) is 4.76. The number of aromatic nitrogens is 1. The summed E-state index contributed by atoms with van der Waals surface area (Å²) in [5.74, 6) is -0.154. The van der Waals surface area contributed by atoms with Crippen LogP contribution in [0.5, 0.6) is 0 Å². The van der Waals surface area contributed by atoms with Crippen LogP contribution in [0, 0.1) is 0 Å². The van der Waals surface area contributed by atoms with Gasteiger partial charge in [0.05, 0.1) is 5.52 Å². The van der Waals surface area contributed by atoms with Crippen LogP contribution in [0.25, 0.3) is 10.9 Å². The van der Waals surface area contributed by atoms with Crippen LogP contribution in [0.4, 0.5) is 0 Å². The van der Waals surface area contributed by atoms with Crippen LogP contribution in [0.15, 0.2) is 43.1 Å². The minimum absolute atomic E-state index is 0.154. The number of para-hydroxylation sites is 1. The molecule has 0 saturated heterocycles. The van der Waals surface area contributed by atoms with Crippen molar-refractivity contribution in [2.75, 3.05) is 0 Å². The number of H-pyrrole nitrogens is 1. The Morgan fingerprint density at radius 2 is 2.33 bits per heavy atom. The minimum atomic E-state index is -0.154. The molecule has 0 bridgehead atoms. The zero-order valence-electron chi connectivity index (χ0n) is 8.29. The van der Waals surface area contributed by atoms with E-state index in [2.05, 4.69) is 16.9 Å². The molecule has 1 aromatic heterocycles. The fraction of sp³-hybridized carbons (Fsp3) is 0.0833. The van der Waals surface area contributed by atoms with Gasteiger partial charge in [-0.25, -0.2) is 0 Å². The molecule has 0 fully saturated rings. The van der Waals surface area contributed by atoms with E-state index in [1.54, 1.807) is 0 Å². The van der Waals surface area contributed by atoms with E-state index < -0.39 is 0 Å². The van der Waals surface area contributed by atoms with Gasteiger partial charge in [-0.2, -0.15) is 0 Å². The van der Waals surface area contributed by atoms with Gasteiger partial charge < -0.3 is 10.3 Å². The Morgan fingerprint density at radius 1 is 1.47 bits per heavy atom. The van der Waals surface area contributed by atoms with E-state index in [0.29, 0.717) is 6.54 Å². The second-order valence-corrected chi connectivity index (χ2v) is 3.28. The van der Waals surface area contributed by atoms with E-state index in [1.807, 2.05) is 30.5 Å². The van der Waals surface area contributed by atoms with Gasteiger partial charge in [-0.1, -0.05) is 24.8 Å². The largest absolute Gasteiger partial charge is 0.361 e. The Hall–Kier alpha value is -2.03. The van der Waals surface area contributed by atoms with Crippen LogP contribution >= 0.6 is 0 Å². The summed E-state index contributed by atoms with van der Waals surface area (Å²) in [6.45, 7) is 3.92. The quantitative estimate of drug-likeness (QED) is 0.731. The molecule has 0 unspecified atom stereocenters. The third kappa shape index (κ3) is 1.91. The maximum Gasteiger partial charge on any atom is 0.243 e. The predicted octanol–water partition coefficient (Wildman–Crippen LogP) is 1.97. The molecular weight excluding hydrogens is 188 g/mol. The van der Waals surface area contributed by atoms with E-state index >= 15 is 0 Å². The Labute approximate surface area is 87.8 Å². The van der Waals surface area contributed by atoms with E-state index in [9.17, 15) is 4.79 Å². The van der Waals surface area contributed by atoms with Crippen molar-refractivity contribution in [1.29, 1.82) is 0 Å². The molecule has 0 aliphatic carbocycles. The van der Waals surface area contributed by atoms with Crippen molar-refractivity contribution in [3.63, 3.8) is 0 Å². The summed E-state index contributed by atoms with van der Waals surface area (Å²) in [6.07, 6.45) is 3.17. The third-order valence-corrected chi connectivity index (χ3v) is 2.31. The number of carbonyl (C=O) groups excluding carboxylic acids is 1. The number of nitrogens with one attached hydrogen (secondary N) is 2. The second-order valence-electron chi connectivity index (χ2n) is 3.28. The molecule has 2 rings (SSSR count). The molecule has 15 heavy (non-hydrogen) atoms. The number of carbonyl (C=O) groups is 1. The molecule has 0 spiro atoms. The monoisotopic (exact) mass is 200 g/mol. The smallest absolute Gasteiger partial charge is 0.243 e. The van der Waals surface area contributed by atoms with Crippen molar-refractivity contribution in [3.8, 4) is 0 Å². The lowest BCUT2D eigenvalue weighted by Gasteiger charge is -2.03. The first-order valence-electron chi connectivity index (χ1n) is 4.76. The summed E-state index contributed by atoms with van der Waals surface area (Å²) in [5, 5.41) is 3.91. The first kappa shape index (κ1) is 9.52. The number of benzene rings is 1. The standard InChI is InChI=1S/C12H12N2O/c1-2-11(15)14-8-10-5-3-4-9-6-7-13-12(9)10/h2-7,13H,1,8H2,(H,14,15). The zero-order chi connectivity index (χ0) is 10.7. The maximum atomic E-state index is 11.0. The molecule has 2 N–H and O–H groups in total. The Bertz CT molecular complexity index is 499. The highest BCUT2D eigenvalue weighted by Crippen LogP contribution is 2.16. The van der Waals surface area contributed by atoms with Crippen molar-refractivity contribution < 1.29 is 4.79 Å². The average Bonchev–Trinajstić information content (AvgIpc) is 2.74. The topological polar surface area (TPSA) is 44.9 Å². The van der Waals surface area contributed by atoms with Crippen LogP contribution in [-0.4, -0.2) is 10.9 Å². The van der Waals surface area contributed by atoms with Gasteiger partial charge in [0, 0.05) is 12.7 Å². The van der Waals surface area contributed by atoms with Gasteiger partial charge in [0.2, 0.25) is 5.91 Å². The van der Waals surface area contributed by atoms with Crippen molar-refractivity contribution in [2.24, 2.45) is 0 Å². The van der Waals surface area contributed by atoms with Gasteiger partial charge in [-0.3, -0.25) is 4.79 Å². The van der Waals surface area contributed by atoms with E-state index in [1.165, 1.54) is 6.08 Å². The number of fused-ring (bicyclic) bond motifs is 1. The molecule has 2 aromatic rings. The summed E-state index contributed by atoms with van der Waals surface area (Å²) in [6, 6.07) is 8.01. The molecule has 1 heterocycles. The number of aromatic amines is 1. The van der Waals surface area contributed by atoms with Gasteiger partial charge in [-0.15, -0.1) is 0 Å². The molecule has 0 radical (unpaired) electrons. The molecular formula is C12H12N2O. The number of rotatable bonds is 3. The highest BCUT2D eigenvalue weighted by molar-refractivity contribution is 5.87. The summed E-state index contributed by atoms with van der Waals surface area (Å²) in [7, 11) is 0. The summed E-state index contributed by atoms with van der Waals surface area (Å²) < 4.78 is 0. The zero-order valence-corrected chi connectivity index (χ0v) is 8.29. The van der Waals surface area contributed by atoms with Crippen molar-refractivity contribution in [2.45, 2.75) is 6.54 Å². The molecule has 0 aliphatic rings. The highest BCUT2D eigenvalue weighted by Gasteiger charge is 2.01. The van der Waals surface area contributed by atoms with Gasteiger partial charge >= 0.3 is 0 Å². The molecule has 1 aromatic carbocycles. The van der Waals surface area contributed by atoms with Crippen LogP contribution in [0.3, 0.4) is 0 Å². The number of amides is 1. The Morgan fingerprint density at radius 3 is 3.13 bits per heavy atom. The van der Waals surface area contributed by atoms with Crippen LogP contribution in [0.2, 0.25) is 0 Å². The lowest BCUT2D eigenvalue weighted by atomic mass is 10.1. The van der Waals surface area contributed by atoms with Crippen molar-refractivity contribution in [3.05, 3.63) is 48.7 Å². The lowest BCUT2D eigenvalue weighted by Crippen LogP contribution is -2.20. The predicted molar refractivity (Wildman–Crippen MR) is 60.3 cm³/mol. The first-order chi connectivity index (χ1) is 7.31. The fourth-order valence-corrected chi connectivity index (χ4v) is 1.55. The van der Waals surface area contributed by atoms with Crippen molar-refractivity contribution >= 4 is 16.8 Å². The molecule has 3 heteroatoms. The molecule has 3 nitrogen and oxygen atoms in total. The highest BCUT2D eigenvalue weighted by atomic mass is 16.1. The molecule has 0 saturated carbocycles. The molecule has 0 aliphatic heterocycles. The molecule has 0 atom stereocenters. The van der Waals surface area contributed by atoms with E-state index in [0.717, 1.165) is 16.5 Å². The van der Waals surface area contributed by atoms with E-state index in [-0.39, 0.29) is 5.91 Å². The van der Waals surface area contributed by atoms with E-state index in [4.69, 9.17) is 0 Å². The van der Waals surface area contributed by atoms with Gasteiger partial charge in [0.25, 0.3) is 0 Å². The third-order valence-electron chi connectivity index (χ3n) is 2.31.